The molecular weight excluding hydrogens is 174 g/mol. The number of aldehydes is 1. The van der Waals surface area contributed by atoms with Crippen LogP contribution in [-0.4, -0.2) is 12.3 Å². The average molecular weight is 189 g/mol. The molecule has 0 aromatic heterocycles. The SMILES string of the molecule is CC(C)N(/C=C/C=O)c1ccccc1. The third-order valence-electron chi connectivity index (χ3n) is 1.94. The molecule has 74 valence electrons. The molecule has 0 N–H and O–H groups in total. The van der Waals surface area contributed by atoms with Crippen LogP contribution in [0.25, 0.3) is 0 Å². The van der Waals surface area contributed by atoms with Gasteiger partial charge in [0.05, 0.1) is 0 Å². The highest BCUT2D eigenvalue weighted by atomic mass is 16.1. The van der Waals surface area contributed by atoms with Gasteiger partial charge in [-0.1, -0.05) is 18.2 Å². The Kier molecular flexibility index (Phi) is 3.92. The summed E-state index contributed by atoms with van der Waals surface area (Å²) in [6, 6.07) is 10.3. The third kappa shape index (κ3) is 2.73. The van der Waals surface area contributed by atoms with Crippen LogP contribution in [-0.2, 0) is 4.79 Å². The standard InChI is InChI=1S/C12H15NO/c1-11(2)13(9-6-10-14)12-7-4-3-5-8-12/h3-11H,1-2H3/b9-6+. The highest BCUT2D eigenvalue weighted by molar-refractivity contribution is 5.66. The number of anilines is 1. The van der Waals surface area contributed by atoms with Gasteiger partial charge >= 0.3 is 0 Å². The van der Waals surface area contributed by atoms with Gasteiger partial charge in [-0.3, -0.25) is 4.79 Å². The Morgan fingerprint density at radius 1 is 1.21 bits per heavy atom. The normalized spacial score (nSPS) is 10.8. The number of para-hydroxylation sites is 1. The van der Waals surface area contributed by atoms with Crippen LogP contribution in [0.2, 0.25) is 0 Å². The first kappa shape index (κ1) is 10.5. The summed E-state index contributed by atoms with van der Waals surface area (Å²) in [5.74, 6) is 0. The topological polar surface area (TPSA) is 20.3 Å². The van der Waals surface area contributed by atoms with E-state index in [1.54, 1.807) is 6.20 Å². The van der Waals surface area contributed by atoms with E-state index in [4.69, 9.17) is 0 Å². The number of rotatable bonds is 4. The van der Waals surface area contributed by atoms with Crippen molar-refractivity contribution in [1.29, 1.82) is 0 Å². The van der Waals surface area contributed by atoms with Gasteiger partial charge in [0.2, 0.25) is 0 Å². The van der Waals surface area contributed by atoms with Gasteiger partial charge in [-0.2, -0.15) is 0 Å². The van der Waals surface area contributed by atoms with Crippen molar-refractivity contribution in [1.82, 2.24) is 0 Å². The number of carbonyl (C=O) groups excluding carboxylic acids is 1. The summed E-state index contributed by atoms with van der Waals surface area (Å²) < 4.78 is 0. The summed E-state index contributed by atoms with van der Waals surface area (Å²) in [5.41, 5.74) is 1.10. The molecule has 1 rings (SSSR count). The minimum absolute atomic E-state index is 0.341. The summed E-state index contributed by atoms with van der Waals surface area (Å²) in [6.45, 7) is 4.17. The fourth-order valence-electron chi connectivity index (χ4n) is 1.28. The number of hydrogen-bond donors (Lipinski definition) is 0. The minimum atomic E-state index is 0.341. The zero-order valence-electron chi connectivity index (χ0n) is 8.55. The van der Waals surface area contributed by atoms with Crippen LogP contribution in [0.4, 0.5) is 5.69 Å². The van der Waals surface area contributed by atoms with Gasteiger partial charge in [-0.15, -0.1) is 0 Å². The number of nitrogens with zero attached hydrogens (tertiary/aromatic N) is 1. The van der Waals surface area contributed by atoms with Gasteiger partial charge < -0.3 is 4.90 Å². The first-order chi connectivity index (χ1) is 6.75. The second-order valence-corrected chi connectivity index (χ2v) is 3.31. The van der Waals surface area contributed by atoms with Crippen LogP contribution < -0.4 is 4.90 Å². The first-order valence-corrected chi connectivity index (χ1v) is 4.71. The summed E-state index contributed by atoms with van der Waals surface area (Å²) in [6.07, 6.45) is 4.10. The van der Waals surface area contributed by atoms with Gasteiger partial charge in [0, 0.05) is 17.9 Å². The maximum Gasteiger partial charge on any atom is 0.144 e. The van der Waals surface area contributed by atoms with Crippen LogP contribution in [0, 0.1) is 0 Å². The van der Waals surface area contributed by atoms with E-state index >= 15 is 0 Å². The molecule has 1 aromatic carbocycles. The Bertz CT molecular complexity index is 303. The Hall–Kier alpha value is -1.57. The first-order valence-electron chi connectivity index (χ1n) is 4.71. The van der Waals surface area contributed by atoms with E-state index in [-0.39, 0.29) is 0 Å². The van der Waals surface area contributed by atoms with Gasteiger partial charge in [-0.05, 0) is 32.1 Å². The minimum Gasteiger partial charge on any atom is -0.345 e. The smallest absolute Gasteiger partial charge is 0.144 e. The van der Waals surface area contributed by atoms with E-state index in [1.165, 1.54) is 6.08 Å². The summed E-state index contributed by atoms with van der Waals surface area (Å²) in [7, 11) is 0. The van der Waals surface area contributed by atoms with Gasteiger partial charge in [-0.25, -0.2) is 0 Å². The number of allylic oxidation sites excluding steroid dienone is 1. The third-order valence-corrected chi connectivity index (χ3v) is 1.94. The number of hydrogen-bond acceptors (Lipinski definition) is 2. The van der Waals surface area contributed by atoms with E-state index in [9.17, 15) is 4.79 Å². The average Bonchev–Trinajstić information content (AvgIpc) is 2.19. The lowest BCUT2D eigenvalue weighted by Gasteiger charge is -2.24. The van der Waals surface area contributed by atoms with Crippen molar-refractivity contribution in [3.8, 4) is 0 Å². The van der Waals surface area contributed by atoms with E-state index in [2.05, 4.69) is 18.7 Å². The molecule has 0 aliphatic rings. The lowest BCUT2D eigenvalue weighted by Crippen LogP contribution is -2.24. The predicted octanol–water partition coefficient (Wildman–Crippen LogP) is 2.61. The molecule has 0 unspecified atom stereocenters. The molecule has 0 fully saturated rings. The van der Waals surface area contributed by atoms with Gasteiger partial charge in [0.15, 0.2) is 0 Å². The molecule has 0 saturated heterocycles. The van der Waals surface area contributed by atoms with Crippen molar-refractivity contribution in [2.75, 3.05) is 4.90 Å². The lowest BCUT2D eigenvalue weighted by molar-refractivity contribution is -0.104. The molecule has 0 bridgehead atoms. The molecule has 14 heavy (non-hydrogen) atoms. The molecule has 0 aliphatic heterocycles. The largest absolute Gasteiger partial charge is 0.345 e. The molecule has 0 spiro atoms. The van der Waals surface area contributed by atoms with Crippen LogP contribution in [0.1, 0.15) is 13.8 Å². The number of benzene rings is 1. The summed E-state index contributed by atoms with van der Waals surface area (Å²) >= 11 is 0. The lowest BCUT2D eigenvalue weighted by atomic mass is 10.2. The van der Waals surface area contributed by atoms with E-state index < -0.39 is 0 Å². The summed E-state index contributed by atoms with van der Waals surface area (Å²) in [4.78, 5) is 12.3. The van der Waals surface area contributed by atoms with Crippen LogP contribution in [0.15, 0.2) is 42.6 Å². The van der Waals surface area contributed by atoms with Crippen molar-refractivity contribution in [3.05, 3.63) is 42.6 Å². The predicted molar refractivity (Wildman–Crippen MR) is 59.3 cm³/mol. The van der Waals surface area contributed by atoms with Crippen LogP contribution in [0.3, 0.4) is 0 Å². The molecule has 2 nitrogen and oxygen atoms in total. The zero-order valence-corrected chi connectivity index (χ0v) is 8.55. The quantitative estimate of drug-likeness (QED) is 0.536. The Morgan fingerprint density at radius 2 is 1.86 bits per heavy atom. The van der Waals surface area contributed by atoms with Crippen molar-refractivity contribution < 1.29 is 4.79 Å². The molecular formula is C12H15NO. The molecule has 0 radical (unpaired) electrons. The number of carbonyl (C=O) groups is 1. The molecule has 0 amide bonds. The van der Waals surface area contributed by atoms with Gasteiger partial charge in [0.1, 0.15) is 6.29 Å². The Labute approximate surface area is 84.9 Å². The highest BCUT2D eigenvalue weighted by Gasteiger charge is 2.05. The Balaban J connectivity index is 2.89. The van der Waals surface area contributed by atoms with Crippen molar-refractivity contribution in [2.45, 2.75) is 19.9 Å². The maximum atomic E-state index is 10.2. The molecule has 1 aromatic rings. The van der Waals surface area contributed by atoms with E-state index in [0.717, 1.165) is 12.0 Å². The van der Waals surface area contributed by atoms with Crippen molar-refractivity contribution in [3.63, 3.8) is 0 Å². The summed E-state index contributed by atoms with van der Waals surface area (Å²) in [5, 5.41) is 0. The van der Waals surface area contributed by atoms with E-state index in [0.29, 0.717) is 6.04 Å². The molecule has 0 saturated carbocycles. The molecule has 0 aliphatic carbocycles. The van der Waals surface area contributed by atoms with Crippen LogP contribution >= 0.6 is 0 Å². The second kappa shape index (κ2) is 5.22. The van der Waals surface area contributed by atoms with Crippen molar-refractivity contribution >= 4 is 12.0 Å². The fraction of sp³-hybridized carbons (Fsp3) is 0.250. The Morgan fingerprint density at radius 3 is 2.36 bits per heavy atom. The monoisotopic (exact) mass is 189 g/mol. The molecule has 0 atom stereocenters. The van der Waals surface area contributed by atoms with E-state index in [1.807, 2.05) is 30.3 Å². The molecule has 2 heteroatoms. The zero-order chi connectivity index (χ0) is 10.4. The second-order valence-electron chi connectivity index (χ2n) is 3.31. The molecule has 0 heterocycles. The maximum absolute atomic E-state index is 10.2. The van der Waals surface area contributed by atoms with Gasteiger partial charge in [0.25, 0.3) is 0 Å². The van der Waals surface area contributed by atoms with Crippen LogP contribution in [0.5, 0.6) is 0 Å². The highest BCUT2D eigenvalue weighted by Crippen LogP contribution is 2.16. The fourth-order valence-corrected chi connectivity index (χ4v) is 1.28. The van der Waals surface area contributed by atoms with Crippen molar-refractivity contribution in [2.24, 2.45) is 0 Å².